The smallest absolute Gasteiger partial charge is 0.191 e. The predicted molar refractivity (Wildman–Crippen MR) is 107 cm³/mol. The molecule has 1 aromatic rings. The van der Waals surface area contributed by atoms with E-state index in [2.05, 4.69) is 44.8 Å². The summed E-state index contributed by atoms with van der Waals surface area (Å²) in [5.41, 5.74) is 1.28. The van der Waals surface area contributed by atoms with E-state index in [9.17, 15) is 0 Å². The molecule has 0 radical (unpaired) electrons. The number of guanidine groups is 1. The van der Waals surface area contributed by atoms with Gasteiger partial charge in [-0.15, -0.1) is 24.0 Å². The molecule has 0 saturated heterocycles. The third-order valence-electron chi connectivity index (χ3n) is 4.47. The highest BCUT2D eigenvalue weighted by atomic mass is 127. The summed E-state index contributed by atoms with van der Waals surface area (Å²) in [5.74, 6) is 1.88. The average molecular weight is 428 g/mol. The molecule has 2 saturated carbocycles. The molecule has 0 unspecified atom stereocenters. The zero-order valence-electron chi connectivity index (χ0n) is 14.0. The summed E-state index contributed by atoms with van der Waals surface area (Å²) in [6.45, 7) is 4.22. The van der Waals surface area contributed by atoms with E-state index in [0.717, 1.165) is 37.6 Å². The van der Waals surface area contributed by atoms with Gasteiger partial charge >= 0.3 is 0 Å². The van der Waals surface area contributed by atoms with Gasteiger partial charge in [-0.25, -0.2) is 0 Å². The van der Waals surface area contributed by atoms with Crippen LogP contribution >= 0.6 is 24.0 Å². The van der Waals surface area contributed by atoms with Crippen LogP contribution in [0.25, 0.3) is 0 Å². The van der Waals surface area contributed by atoms with E-state index < -0.39 is 0 Å². The molecule has 1 aromatic carbocycles. The Balaban J connectivity index is 0.00000192. The molecule has 0 amide bonds. The van der Waals surface area contributed by atoms with Gasteiger partial charge < -0.3 is 10.6 Å². The first-order valence-electron chi connectivity index (χ1n) is 8.57. The molecule has 0 bridgehead atoms. The summed E-state index contributed by atoms with van der Waals surface area (Å²) < 4.78 is 0. The first-order chi connectivity index (χ1) is 10.8. The molecule has 23 heavy (non-hydrogen) atoms. The molecular weight excluding hydrogens is 399 g/mol. The molecule has 0 atom stereocenters. The third kappa shape index (κ3) is 6.67. The summed E-state index contributed by atoms with van der Waals surface area (Å²) in [7, 11) is 1.84. The van der Waals surface area contributed by atoms with E-state index in [0.29, 0.717) is 0 Å². The van der Waals surface area contributed by atoms with Gasteiger partial charge in [0.25, 0.3) is 0 Å². The van der Waals surface area contributed by atoms with Gasteiger partial charge in [0.1, 0.15) is 0 Å². The molecule has 0 spiro atoms. The lowest BCUT2D eigenvalue weighted by Gasteiger charge is -2.22. The Morgan fingerprint density at radius 3 is 2.48 bits per heavy atom. The van der Waals surface area contributed by atoms with Gasteiger partial charge in [0.05, 0.1) is 0 Å². The maximum atomic E-state index is 4.31. The zero-order valence-corrected chi connectivity index (χ0v) is 16.3. The Morgan fingerprint density at radius 2 is 1.87 bits per heavy atom. The molecule has 0 aliphatic heterocycles. The van der Waals surface area contributed by atoms with Crippen LogP contribution < -0.4 is 10.6 Å². The highest BCUT2D eigenvalue weighted by Gasteiger charge is 2.33. The third-order valence-corrected chi connectivity index (χ3v) is 4.47. The Morgan fingerprint density at radius 1 is 1.13 bits per heavy atom. The minimum atomic E-state index is 0. The van der Waals surface area contributed by atoms with Crippen molar-refractivity contribution in [2.24, 2.45) is 10.9 Å². The van der Waals surface area contributed by atoms with E-state index in [1.807, 2.05) is 13.1 Å². The summed E-state index contributed by atoms with van der Waals surface area (Å²) in [6, 6.07) is 11.3. The SMILES string of the molecule is CN=C(NCCN(CC1CC1)C1CC1)NCc1ccccc1.I. The molecule has 2 N–H and O–H groups in total. The number of nitrogens with zero attached hydrogens (tertiary/aromatic N) is 2. The maximum Gasteiger partial charge on any atom is 0.191 e. The number of hydrogen-bond acceptors (Lipinski definition) is 2. The zero-order chi connectivity index (χ0) is 15.2. The van der Waals surface area contributed by atoms with Crippen LogP contribution in [0.1, 0.15) is 31.2 Å². The van der Waals surface area contributed by atoms with Crippen LogP contribution in [0.2, 0.25) is 0 Å². The van der Waals surface area contributed by atoms with Crippen molar-refractivity contribution in [3.63, 3.8) is 0 Å². The molecule has 2 aliphatic carbocycles. The van der Waals surface area contributed by atoms with Crippen molar-refractivity contribution < 1.29 is 0 Å². The molecular formula is C18H29IN4. The number of nitrogens with one attached hydrogen (secondary N) is 2. The van der Waals surface area contributed by atoms with Gasteiger partial charge in [0, 0.05) is 39.3 Å². The van der Waals surface area contributed by atoms with E-state index in [-0.39, 0.29) is 24.0 Å². The lowest BCUT2D eigenvalue weighted by molar-refractivity contribution is 0.256. The molecule has 128 valence electrons. The summed E-state index contributed by atoms with van der Waals surface area (Å²) in [6.07, 6.45) is 5.68. The first-order valence-corrected chi connectivity index (χ1v) is 8.57. The van der Waals surface area contributed by atoms with Crippen LogP contribution in [0, 0.1) is 5.92 Å². The molecule has 4 nitrogen and oxygen atoms in total. The Labute approximate surface area is 157 Å². The number of benzene rings is 1. The number of aliphatic imine (C=N–C) groups is 1. The van der Waals surface area contributed by atoms with Gasteiger partial charge in [0.2, 0.25) is 0 Å². The molecule has 5 heteroatoms. The fourth-order valence-corrected chi connectivity index (χ4v) is 2.81. The normalized spacial score (nSPS) is 17.7. The van der Waals surface area contributed by atoms with E-state index in [1.165, 1.54) is 37.8 Å². The number of halogens is 1. The fourth-order valence-electron chi connectivity index (χ4n) is 2.81. The highest BCUT2D eigenvalue weighted by Crippen LogP contribution is 2.34. The van der Waals surface area contributed by atoms with Crippen molar-refractivity contribution in [2.45, 2.75) is 38.3 Å². The Hall–Kier alpha value is -0.820. The minimum absolute atomic E-state index is 0. The van der Waals surface area contributed by atoms with Crippen molar-refractivity contribution in [1.29, 1.82) is 0 Å². The lowest BCUT2D eigenvalue weighted by Crippen LogP contribution is -2.42. The lowest BCUT2D eigenvalue weighted by atomic mass is 10.2. The molecule has 0 heterocycles. The van der Waals surface area contributed by atoms with E-state index in [4.69, 9.17) is 0 Å². The predicted octanol–water partition coefficient (Wildman–Crippen LogP) is 2.84. The van der Waals surface area contributed by atoms with Gasteiger partial charge in [0.15, 0.2) is 5.96 Å². The van der Waals surface area contributed by atoms with Crippen LogP contribution in [0.5, 0.6) is 0 Å². The highest BCUT2D eigenvalue weighted by molar-refractivity contribution is 14.0. The van der Waals surface area contributed by atoms with Gasteiger partial charge in [-0.05, 0) is 37.2 Å². The fraction of sp³-hybridized carbons (Fsp3) is 0.611. The molecule has 0 aromatic heterocycles. The van der Waals surface area contributed by atoms with Crippen LogP contribution in [0.4, 0.5) is 0 Å². The topological polar surface area (TPSA) is 39.7 Å². The Kier molecular flexibility index (Phi) is 7.62. The monoisotopic (exact) mass is 428 g/mol. The second kappa shape index (κ2) is 9.47. The van der Waals surface area contributed by atoms with Gasteiger partial charge in [-0.1, -0.05) is 30.3 Å². The summed E-state index contributed by atoms with van der Waals surface area (Å²) in [4.78, 5) is 6.99. The molecule has 3 rings (SSSR count). The number of hydrogen-bond donors (Lipinski definition) is 2. The van der Waals surface area contributed by atoms with Gasteiger partial charge in [-0.2, -0.15) is 0 Å². The van der Waals surface area contributed by atoms with E-state index >= 15 is 0 Å². The van der Waals surface area contributed by atoms with Crippen LogP contribution in [0.15, 0.2) is 35.3 Å². The van der Waals surface area contributed by atoms with Crippen molar-refractivity contribution in [3.05, 3.63) is 35.9 Å². The van der Waals surface area contributed by atoms with Gasteiger partial charge in [-0.3, -0.25) is 9.89 Å². The summed E-state index contributed by atoms with van der Waals surface area (Å²) >= 11 is 0. The molecule has 2 fully saturated rings. The maximum absolute atomic E-state index is 4.31. The largest absolute Gasteiger partial charge is 0.355 e. The quantitative estimate of drug-likeness (QED) is 0.380. The standard InChI is InChI=1S/C18H28N4.HI/c1-19-18(21-13-15-5-3-2-4-6-15)20-11-12-22(17-9-10-17)14-16-7-8-16;/h2-6,16-17H,7-14H2,1H3,(H2,19,20,21);1H. The first kappa shape index (κ1) is 18.5. The minimum Gasteiger partial charge on any atom is -0.355 e. The second-order valence-corrected chi connectivity index (χ2v) is 6.51. The van der Waals surface area contributed by atoms with E-state index in [1.54, 1.807) is 0 Å². The summed E-state index contributed by atoms with van der Waals surface area (Å²) in [5, 5.41) is 6.82. The molecule has 2 aliphatic rings. The van der Waals surface area contributed by atoms with Crippen LogP contribution in [-0.4, -0.2) is 43.6 Å². The van der Waals surface area contributed by atoms with Crippen LogP contribution in [-0.2, 0) is 6.54 Å². The van der Waals surface area contributed by atoms with Crippen molar-refractivity contribution in [3.8, 4) is 0 Å². The van der Waals surface area contributed by atoms with Crippen molar-refractivity contribution in [2.75, 3.05) is 26.7 Å². The van der Waals surface area contributed by atoms with Crippen molar-refractivity contribution >= 4 is 29.9 Å². The van der Waals surface area contributed by atoms with Crippen molar-refractivity contribution in [1.82, 2.24) is 15.5 Å². The second-order valence-electron chi connectivity index (χ2n) is 6.51. The average Bonchev–Trinajstić information content (AvgIpc) is 3.44. The Bertz CT molecular complexity index is 483. The van der Waals surface area contributed by atoms with Crippen LogP contribution in [0.3, 0.4) is 0 Å². The number of rotatable bonds is 8.